The van der Waals surface area contributed by atoms with E-state index in [0.717, 1.165) is 12.0 Å². The molecule has 0 spiro atoms. The van der Waals surface area contributed by atoms with E-state index < -0.39 is 9.84 Å². The number of hydrogen-bond acceptors (Lipinski definition) is 5. The van der Waals surface area contributed by atoms with Gasteiger partial charge in [-0.2, -0.15) is 11.3 Å². The van der Waals surface area contributed by atoms with Crippen molar-refractivity contribution >= 4 is 27.2 Å². The summed E-state index contributed by atoms with van der Waals surface area (Å²) in [5.41, 5.74) is 1.10. The quantitative estimate of drug-likeness (QED) is 0.881. The fraction of sp³-hybridized carbons (Fsp3) is 0.688. The molecule has 1 aromatic heterocycles. The highest BCUT2D eigenvalue weighted by atomic mass is 32.2. The molecule has 8 heteroatoms. The summed E-state index contributed by atoms with van der Waals surface area (Å²) in [6, 6.07) is 1.89. The zero-order valence-corrected chi connectivity index (χ0v) is 15.4. The van der Waals surface area contributed by atoms with Gasteiger partial charge in [-0.1, -0.05) is 0 Å². The molecule has 0 aliphatic carbocycles. The molecule has 1 aromatic rings. The van der Waals surface area contributed by atoms with E-state index >= 15 is 0 Å². The topological polar surface area (TPSA) is 75.7 Å². The molecule has 2 amide bonds. The second-order valence-corrected chi connectivity index (χ2v) is 9.71. The molecule has 3 unspecified atom stereocenters. The van der Waals surface area contributed by atoms with Gasteiger partial charge in [-0.3, -0.25) is 0 Å². The molecule has 1 N–H and O–H groups in total. The summed E-state index contributed by atoms with van der Waals surface area (Å²) in [6.07, 6.45) is 1.43. The smallest absolute Gasteiger partial charge is 0.317 e. The fourth-order valence-corrected chi connectivity index (χ4v) is 5.86. The van der Waals surface area contributed by atoms with Gasteiger partial charge in [0.2, 0.25) is 0 Å². The molecular formula is C16H24N2O4S2. The van der Waals surface area contributed by atoms with Crippen LogP contribution in [0.15, 0.2) is 16.8 Å². The van der Waals surface area contributed by atoms with Crippen molar-refractivity contribution in [2.45, 2.75) is 32.0 Å². The van der Waals surface area contributed by atoms with Gasteiger partial charge in [0.15, 0.2) is 9.84 Å². The van der Waals surface area contributed by atoms with Gasteiger partial charge in [0.25, 0.3) is 0 Å². The van der Waals surface area contributed by atoms with Crippen molar-refractivity contribution in [1.29, 1.82) is 0 Å². The molecule has 134 valence electrons. The summed E-state index contributed by atoms with van der Waals surface area (Å²) < 4.78 is 29.3. The van der Waals surface area contributed by atoms with E-state index in [2.05, 4.69) is 5.32 Å². The van der Waals surface area contributed by atoms with E-state index in [1.807, 2.05) is 23.8 Å². The van der Waals surface area contributed by atoms with Crippen molar-refractivity contribution in [2.24, 2.45) is 5.92 Å². The van der Waals surface area contributed by atoms with Crippen LogP contribution in [0.1, 0.15) is 31.4 Å². The van der Waals surface area contributed by atoms with Gasteiger partial charge < -0.3 is 15.0 Å². The number of urea groups is 1. The van der Waals surface area contributed by atoms with Crippen molar-refractivity contribution in [1.82, 2.24) is 10.2 Å². The second-order valence-electron chi connectivity index (χ2n) is 6.71. The third-order valence-electron chi connectivity index (χ3n) is 4.56. The van der Waals surface area contributed by atoms with Crippen molar-refractivity contribution in [3.63, 3.8) is 0 Å². The van der Waals surface area contributed by atoms with Crippen LogP contribution in [0.4, 0.5) is 4.79 Å². The van der Waals surface area contributed by atoms with Crippen molar-refractivity contribution in [3.05, 3.63) is 22.4 Å². The van der Waals surface area contributed by atoms with Gasteiger partial charge in [-0.15, -0.1) is 0 Å². The minimum atomic E-state index is -2.94. The van der Waals surface area contributed by atoms with Gasteiger partial charge in [-0.25, -0.2) is 13.2 Å². The number of ether oxygens (including phenoxy) is 1. The molecule has 6 nitrogen and oxygen atoms in total. The number of hydrogen-bond donors (Lipinski definition) is 1. The van der Waals surface area contributed by atoms with Gasteiger partial charge in [0.05, 0.1) is 24.2 Å². The maximum absolute atomic E-state index is 12.5. The predicted octanol–water partition coefficient (Wildman–Crippen LogP) is 2.04. The van der Waals surface area contributed by atoms with Crippen molar-refractivity contribution < 1.29 is 17.9 Å². The SMILES string of the molecule is CC1CN(C(=O)NCC2CCCS(=O)(=O)C2)CC(c2ccsc2)O1. The fourth-order valence-electron chi connectivity index (χ4n) is 3.38. The Morgan fingerprint density at radius 2 is 2.29 bits per heavy atom. The van der Waals surface area contributed by atoms with E-state index in [9.17, 15) is 13.2 Å². The normalized spacial score (nSPS) is 30.0. The van der Waals surface area contributed by atoms with Crippen LogP contribution < -0.4 is 5.32 Å². The Labute approximate surface area is 147 Å². The molecule has 3 rings (SSSR count). The summed E-state index contributed by atoms with van der Waals surface area (Å²) in [5.74, 6) is 0.490. The molecule has 3 heterocycles. The molecule has 2 saturated heterocycles. The zero-order chi connectivity index (χ0) is 17.2. The number of nitrogens with one attached hydrogen (secondary N) is 1. The molecule has 0 saturated carbocycles. The summed E-state index contributed by atoms with van der Waals surface area (Å²) in [5, 5.41) is 6.97. The second kappa shape index (κ2) is 7.41. The lowest BCUT2D eigenvalue weighted by molar-refractivity contribution is -0.0655. The average Bonchev–Trinajstić information content (AvgIpc) is 3.05. The Morgan fingerprint density at radius 3 is 3.00 bits per heavy atom. The Kier molecular flexibility index (Phi) is 5.46. The lowest BCUT2D eigenvalue weighted by Gasteiger charge is -2.37. The van der Waals surface area contributed by atoms with Gasteiger partial charge >= 0.3 is 6.03 Å². The Hall–Kier alpha value is -1.12. The lowest BCUT2D eigenvalue weighted by Crippen LogP contribution is -2.51. The van der Waals surface area contributed by atoms with E-state index in [1.54, 1.807) is 16.2 Å². The largest absolute Gasteiger partial charge is 0.367 e. The first-order valence-electron chi connectivity index (χ1n) is 8.34. The summed E-state index contributed by atoms with van der Waals surface area (Å²) >= 11 is 1.62. The summed E-state index contributed by atoms with van der Waals surface area (Å²) in [6.45, 7) is 3.46. The van der Waals surface area contributed by atoms with E-state index in [-0.39, 0.29) is 35.7 Å². The average molecular weight is 373 g/mol. The Bertz CT molecular complexity index is 660. The number of morpholine rings is 1. The van der Waals surface area contributed by atoms with Crippen molar-refractivity contribution in [2.75, 3.05) is 31.1 Å². The standard InChI is InChI=1S/C16H24N2O4S2/c1-12-8-18(9-15(22-12)14-4-5-23-10-14)16(19)17-7-13-3-2-6-24(20,21)11-13/h4-5,10,12-13,15H,2-3,6-9,11H2,1H3,(H,17,19). The highest BCUT2D eigenvalue weighted by Crippen LogP contribution is 2.27. The van der Waals surface area contributed by atoms with E-state index in [0.29, 0.717) is 26.1 Å². The van der Waals surface area contributed by atoms with Crippen LogP contribution in [0.25, 0.3) is 0 Å². The first-order chi connectivity index (χ1) is 11.4. The Morgan fingerprint density at radius 1 is 1.46 bits per heavy atom. The number of rotatable bonds is 3. The van der Waals surface area contributed by atoms with Gasteiger partial charge in [0.1, 0.15) is 6.10 Å². The zero-order valence-electron chi connectivity index (χ0n) is 13.8. The maximum Gasteiger partial charge on any atom is 0.317 e. The molecule has 0 radical (unpaired) electrons. The van der Waals surface area contributed by atoms with Crippen LogP contribution in [0.2, 0.25) is 0 Å². The molecule has 24 heavy (non-hydrogen) atoms. The van der Waals surface area contributed by atoms with Gasteiger partial charge in [-0.05, 0) is 48.1 Å². The number of nitrogens with zero attached hydrogens (tertiary/aromatic N) is 1. The molecule has 2 fully saturated rings. The van der Waals surface area contributed by atoms with Crippen molar-refractivity contribution in [3.8, 4) is 0 Å². The predicted molar refractivity (Wildman–Crippen MR) is 94.0 cm³/mol. The van der Waals surface area contributed by atoms with Gasteiger partial charge in [0, 0.05) is 13.1 Å². The first-order valence-corrected chi connectivity index (χ1v) is 11.1. The number of thiophene rings is 1. The van der Waals surface area contributed by atoms with E-state index in [4.69, 9.17) is 4.74 Å². The van der Waals surface area contributed by atoms with E-state index in [1.165, 1.54) is 0 Å². The van der Waals surface area contributed by atoms with Crippen LogP contribution >= 0.6 is 11.3 Å². The lowest BCUT2D eigenvalue weighted by atomic mass is 10.1. The molecular weight excluding hydrogens is 348 g/mol. The molecule has 2 aliphatic rings. The highest BCUT2D eigenvalue weighted by molar-refractivity contribution is 7.91. The third-order valence-corrected chi connectivity index (χ3v) is 7.15. The third kappa shape index (κ3) is 4.49. The number of carbonyl (C=O) groups excluding carboxylic acids is 1. The van der Waals surface area contributed by atoms with Crippen LogP contribution in [0, 0.1) is 5.92 Å². The Balaban J connectivity index is 1.54. The number of carbonyl (C=O) groups is 1. The molecule has 0 bridgehead atoms. The first kappa shape index (κ1) is 17.7. The molecule has 3 atom stereocenters. The monoisotopic (exact) mass is 372 g/mol. The van der Waals surface area contributed by atoms with Crippen LogP contribution in [-0.4, -0.2) is 56.6 Å². The van der Waals surface area contributed by atoms with Crippen LogP contribution in [0.5, 0.6) is 0 Å². The maximum atomic E-state index is 12.5. The number of sulfone groups is 1. The summed E-state index contributed by atoms with van der Waals surface area (Å²) in [4.78, 5) is 14.2. The minimum absolute atomic E-state index is 0.0236. The molecule has 2 aliphatic heterocycles. The van der Waals surface area contributed by atoms with Crippen LogP contribution in [0.3, 0.4) is 0 Å². The highest BCUT2D eigenvalue weighted by Gasteiger charge is 2.30. The van der Waals surface area contributed by atoms with Crippen LogP contribution in [-0.2, 0) is 14.6 Å². The molecule has 0 aromatic carbocycles. The summed E-state index contributed by atoms with van der Waals surface area (Å²) in [7, 11) is -2.94. The number of amides is 2. The minimum Gasteiger partial charge on any atom is -0.367 e.